The molecule has 2 saturated heterocycles. The van der Waals surface area contributed by atoms with Gasteiger partial charge >= 0.3 is 0 Å². The minimum absolute atomic E-state index is 0.0223. The van der Waals surface area contributed by atoms with Gasteiger partial charge in [0.15, 0.2) is 5.67 Å². The van der Waals surface area contributed by atoms with Crippen molar-refractivity contribution < 1.29 is 18.5 Å². The molecule has 1 saturated carbocycles. The zero-order chi connectivity index (χ0) is 18.7. The van der Waals surface area contributed by atoms with Gasteiger partial charge in [-0.3, -0.25) is 9.59 Å². The Bertz CT molecular complexity index is 742. The summed E-state index contributed by atoms with van der Waals surface area (Å²) >= 11 is 0. The van der Waals surface area contributed by atoms with Crippen LogP contribution in [0.2, 0.25) is 0 Å². The summed E-state index contributed by atoms with van der Waals surface area (Å²) in [5.41, 5.74) is -0.904. The Balaban J connectivity index is 1.37. The molecule has 0 radical (unpaired) electrons. The Hall–Kier alpha value is -1.92. The summed E-state index contributed by atoms with van der Waals surface area (Å²) in [5.74, 6) is 0.731. The fourth-order valence-corrected chi connectivity index (χ4v) is 4.24. The molecule has 0 unspecified atom stereocenters. The Labute approximate surface area is 152 Å². The van der Waals surface area contributed by atoms with Gasteiger partial charge < -0.3 is 14.3 Å². The van der Waals surface area contributed by atoms with Crippen molar-refractivity contribution in [2.24, 2.45) is 11.3 Å². The summed E-state index contributed by atoms with van der Waals surface area (Å²) in [5, 5.41) is 4.00. The highest BCUT2D eigenvalue weighted by atomic mass is 19.1. The number of carbonyl (C=O) groups is 2. The smallest absolute Gasteiger partial charge is 0.260 e. The van der Waals surface area contributed by atoms with Gasteiger partial charge in [0.25, 0.3) is 5.91 Å². The first-order chi connectivity index (χ1) is 12.2. The first-order valence-electron chi connectivity index (χ1n) is 9.42. The van der Waals surface area contributed by atoms with Crippen LogP contribution in [0.3, 0.4) is 0 Å². The van der Waals surface area contributed by atoms with Crippen LogP contribution >= 0.6 is 0 Å². The van der Waals surface area contributed by atoms with Crippen LogP contribution in [0.5, 0.6) is 0 Å². The van der Waals surface area contributed by atoms with Crippen molar-refractivity contribution in [3.8, 4) is 0 Å². The van der Waals surface area contributed by atoms with Crippen molar-refractivity contribution in [1.29, 1.82) is 0 Å². The maximum atomic E-state index is 14.1. The van der Waals surface area contributed by atoms with Crippen LogP contribution in [-0.2, 0) is 16.0 Å². The normalized spacial score (nSPS) is 29.3. The number of hydrogen-bond acceptors (Lipinski definition) is 4. The molecule has 0 spiro atoms. The topological polar surface area (TPSA) is 66.7 Å². The number of nitrogens with zero attached hydrogens (tertiary/aromatic N) is 3. The second kappa shape index (κ2) is 5.79. The number of carbonyl (C=O) groups excluding carboxylic acids is 2. The number of rotatable bonds is 4. The fraction of sp³-hybridized carbons (Fsp3) is 0.737. The highest BCUT2D eigenvalue weighted by Gasteiger charge is 2.58. The third-order valence-corrected chi connectivity index (χ3v) is 6.18. The molecule has 26 heavy (non-hydrogen) atoms. The molecular formula is C19H26FN3O3. The van der Waals surface area contributed by atoms with E-state index in [0.29, 0.717) is 44.8 Å². The third-order valence-electron chi connectivity index (χ3n) is 6.18. The largest absolute Gasteiger partial charge is 0.361 e. The lowest BCUT2D eigenvalue weighted by atomic mass is 9.83. The molecule has 1 aromatic rings. The zero-order valence-electron chi connectivity index (χ0n) is 15.6. The number of aromatic nitrogens is 1. The van der Waals surface area contributed by atoms with Crippen LogP contribution in [0.4, 0.5) is 4.39 Å². The van der Waals surface area contributed by atoms with Gasteiger partial charge in [0.1, 0.15) is 5.76 Å². The molecule has 1 aromatic heterocycles. The van der Waals surface area contributed by atoms with Gasteiger partial charge in [0.05, 0.1) is 12.1 Å². The summed E-state index contributed by atoms with van der Waals surface area (Å²) in [6.45, 7) is 8.45. The van der Waals surface area contributed by atoms with Crippen LogP contribution in [-0.4, -0.2) is 58.6 Å². The average Bonchev–Trinajstić information content (AvgIpc) is 2.93. The van der Waals surface area contributed by atoms with Gasteiger partial charge in [-0.1, -0.05) is 25.9 Å². The second-order valence-corrected chi connectivity index (χ2v) is 8.83. The molecule has 1 aliphatic carbocycles. The Morgan fingerprint density at radius 1 is 1.31 bits per heavy atom. The van der Waals surface area contributed by atoms with Crippen molar-refractivity contribution in [2.45, 2.75) is 51.6 Å². The fourth-order valence-electron chi connectivity index (χ4n) is 4.24. The summed E-state index contributed by atoms with van der Waals surface area (Å²) < 4.78 is 19.4. The number of alkyl halides is 1. The highest BCUT2D eigenvalue weighted by molar-refractivity contribution is 5.88. The predicted molar refractivity (Wildman–Crippen MR) is 92.1 cm³/mol. The first-order valence-corrected chi connectivity index (χ1v) is 9.42. The van der Waals surface area contributed by atoms with E-state index in [1.165, 1.54) is 0 Å². The maximum Gasteiger partial charge on any atom is 0.260 e. The third kappa shape index (κ3) is 2.91. The van der Waals surface area contributed by atoms with Gasteiger partial charge in [0, 0.05) is 43.6 Å². The van der Waals surface area contributed by atoms with Crippen molar-refractivity contribution in [1.82, 2.24) is 15.0 Å². The molecule has 0 aromatic carbocycles. The van der Waals surface area contributed by atoms with E-state index in [2.05, 4.69) is 12.1 Å². The Kier molecular flexibility index (Phi) is 3.90. The molecule has 2 aliphatic heterocycles. The van der Waals surface area contributed by atoms with E-state index in [9.17, 15) is 14.0 Å². The number of hydrogen-bond donors (Lipinski definition) is 0. The van der Waals surface area contributed by atoms with E-state index in [4.69, 9.17) is 4.52 Å². The number of halogens is 1. The van der Waals surface area contributed by atoms with Crippen molar-refractivity contribution >= 4 is 11.8 Å². The van der Waals surface area contributed by atoms with E-state index >= 15 is 0 Å². The van der Waals surface area contributed by atoms with Crippen LogP contribution in [0.1, 0.15) is 51.0 Å². The number of amides is 2. The minimum atomic E-state index is -1.61. The molecule has 2 atom stereocenters. The van der Waals surface area contributed by atoms with Gasteiger partial charge in [-0.2, -0.15) is 0 Å². The maximum absolute atomic E-state index is 14.1. The number of likely N-dealkylation sites (tertiary alicyclic amines) is 2. The molecule has 3 aliphatic rings. The minimum Gasteiger partial charge on any atom is -0.361 e. The molecule has 142 valence electrons. The molecule has 3 fully saturated rings. The van der Waals surface area contributed by atoms with Crippen LogP contribution in [0.15, 0.2) is 10.6 Å². The van der Waals surface area contributed by atoms with Crippen LogP contribution in [0.25, 0.3) is 0 Å². The van der Waals surface area contributed by atoms with E-state index in [1.807, 2.05) is 24.8 Å². The molecule has 4 rings (SSSR count). The van der Waals surface area contributed by atoms with Crippen molar-refractivity contribution in [2.75, 3.05) is 26.2 Å². The Morgan fingerprint density at radius 2 is 1.96 bits per heavy atom. The molecular weight excluding hydrogens is 337 g/mol. The predicted octanol–water partition coefficient (Wildman–Crippen LogP) is 2.15. The molecule has 2 amide bonds. The van der Waals surface area contributed by atoms with Crippen LogP contribution in [0, 0.1) is 11.3 Å². The average molecular weight is 363 g/mol. The molecule has 6 nitrogen and oxygen atoms in total. The van der Waals surface area contributed by atoms with Gasteiger partial charge in [-0.25, -0.2) is 4.39 Å². The van der Waals surface area contributed by atoms with E-state index in [0.717, 1.165) is 5.69 Å². The summed E-state index contributed by atoms with van der Waals surface area (Å²) in [7, 11) is 0. The summed E-state index contributed by atoms with van der Waals surface area (Å²) in [4.78, 5) is 28.4. The zero-order valence-corrected chi connectivity index (χ0v) is 15.6. The number of fused-ring (bicyclic) bond motifs is 1. The standard InChI is InChI=1S/C19H26FN3O3/c1-12(2)15-6-14(26-21-15)7-16(24)22-8-13-9-23(11-18(13,3)10-22)17(25)19(20)4-5-19/h6,12-13H,4-5,7-11H2,1-3H3/t13-,18+/m1/s1. The molecule has 3 heterocycles. The lowest BCUT2D eigenvalue weighted by Gasteiger charge is -2.26. The SMILES string of the molecule is CC(C)c1cc(CC(=O)N2C[C@@H]3CN(C(=O)C4(F)CC4)C[C@]3(C)C2)on1. The summed E-state index contributed by atoms with van der Waals surface area (Å²) in [6, 6.07) is 1.85. The summed E-state index contributed by atoms with van der Waals surface area (Å²) in [6.07, 6.45) is 0.909. The monoisotopic (exact) mass is 363 g/mol. The van der Waals surface area contributed by atoms with E-state index < -0.39 is 5.67 Å². The second-order valence-electron chi connectivity index (χ2n) is 8.83. The van der Waals surface area contributed by atoms with Gasteiger partial charge in [-0.15, -0.1) is 0 Å². The lowest BCUT2D eigenvalue weighted by molar-refractivity contribution is -0.137. The highest BCUT2D eigenvalue weighted by Crippen LogP contribution is 2.47. The first kappa shape index (κ1) is 17.5. The molecule has 0 N–H and O–H groups in total. The lowest BCUT2D eigenvalue weighted by Crippen LogP contribution is -2.41. The van der Waals surface area contributed by atoms with Gasteiger partial charge in [0.2, 0.25) is 5.91 Å². The van der Waals surface area contributed by atoms with Crippen LogP contribution < -0.4 is 0 Å². The molecule has 7 heteroatoms. The molecule has 0 bridgehead atoms. The quantitative estimate of drug-likeness (QED) is 0.822. The van der Waals surface area contributed by atoms with Crippen molar-refractivity contribution in [3.63, 3.8) is 0 Å². The van der Waals surface area contributed by atoms with Gasteiger partial charge in [-0.05, 0) is 18.8 Å². The van der Waals surface area contributed by atoms with Crippen molar-refractivity contribution in [3.05, 3.63) is 17.5 Å². The van der Waals surface area contributed by atoms with E-state index in [-0.39, 0.29) is 35.5 Å². The van der Waals surface area contributed by atoms with E-state index in [1.54, 1.807) is 4.90 Å². The Morgan fingerprint density at radius 3 is 2.54 bits per heavy atom.